The summed E-state index contributed by atoms with van der Waals surface area (Å²) in [5.74, 6) is -0.188. The van der Waals surface area contributed by atoms with Gasteiger partial charge in [0.25, 0.3) is 0 Å². The van der Waals surface area contributed by atoms with Crippen LogP contribution in [0.2, 0.25) is 0 Å². The molecule has 10 heavy (non-hydrogen) atoms. The molecule has 1 aromatic carbocycles. The fourth-order valence-electron chi connectivity index (χ4n) is 0.683. The normalized spacial score (nSPS) is 10.6. The third kappa shape index (κ3) is 2.10. The van der Waals surface area contributed by atoms with Gasteiger partial charge in [0.05, 0.1) is 0 Å². The molecule has 0 fully saturated rings. The van der Waals surface area contributed by atoms with Crippen molar-refractivity contribution in [2.24, 2.45) is 0 Å². The molecule has 0 unspecified atom stereocenters. The van der Waals surface area contributed by atoms with Crippen molar-refractivity contribution in [3.8, 4) is 0 Å². The summed E-state index contributed by atoms with van der Waals surface area (Å²) in [6.45, 7) is 0. The van der Waals surface area contributed by atoms with E-state index in [1.807, 2.05) is 16.2 Å². The zero-order valence-corrected chi connectivity index (χ0v) is 7.38. The molecule has 0 bridgehead atoms. The average Bonchev–Trinajstić information content (AvgIpc) is 1.88. The summed E-state index contributed by atoms with van der Waals surface area (Å²) >= 11 is 2.10. The lowest BCUT2D eigenvalue weighted by molar-refractivity contribution is 0.627. The van der Waals surface area contributed by atoms with Gasteiger partial charge in [-0.2, -0.15) is 0 Å². The molecule has 52 valence electrons. The topological polar surface area (TPSA) is 0 Å². The van der Waals surface area contributed by atoms with Crippen LogP contribution in [-0.4, -0.2) is 0 Å². The van der Waals surface area contributed by atoms with Gasteiger partial charge in [-0.25, -0.2) is 4.39 Å². The van der Waals surface area contributed by atoms with Gasteiger partial charge in [0.1, 0.15) is 5.82 Å². The van der Waals surface area contributed by atoms with Crippen LogP contribution < -0.4 is 0 Å². The second-order valence-electron chi connectivity index (χ2n) is 1.85. The highest BCUT2D eigenvalue weighted by Gasteiger charge is 1.87. The standard InChI is InChI=1S/C8H6FI/c9-8-3-1-2-7(6-8)4-5-10/h1-6H/b5-4+. The first kappa shape index (κ1) is 7.72. The fraction of sp³-hybridized carbons (Fsp3) is 0. The lowest BCUT2D eigenvalue weighted by Crippen LogP contribution is -1.73. The molecule has 0 heterocycles. The molecular formula is C8H6FI. The van der Waals surface area contributed by atoms with E-state index in [4.69, 9.17) is 0 Å². The van der Waals surface area contributed by atoms with Crippen molar-refractivity contribution in [1.29, 1.82) is 0 Å². The quantitative estimate of drug-likeness (QED) is 0.669. The summed E-state index contributed by atoms with van der Waals surface area (Å²) in [7, 11) is 0. The lowest BCUT2D eigenvalue weighted by Gasteiger charge is -1.90. The second-order valence-corrected chi connectivity index (χ2v) is 2.57. The van der Waals surface area contributed by atoms with Gasteiger partial charge in [0.2, 0.25) is 0 Å². The third-order valence-corrected chi connectivity index (χ3v) is 1.46. The predicted molar refractivity (Wildman–Crippen MR) is 49.5 cm³/mol. The Labute approximate surface area is 72.9 Å². The fourth-order valence-corrected chi connectivity index (χ4v) is 1.10. The first-order chi connectivity index (χ1) is 4.83. The van der Waals surface area contributed by atoms with Gasteiger partial charge < -0.3 is 0 Å². The van der Waals surface area contributed by atoms with Crippen molar-refractivity contribution in [2.75, 3.05) is 0 Å². The van der Waals surface area contributed by atoms with Crippen molar-refractivity contribution in [1.82, 2.24) is 0 Å². The SMILES string of the molecule is Fc1cccc(/C=C/I)c1. The summed E-state index contributed by atoms with van der Waals surface area (Å²) in [4.78, 5) is 0. The van der Waals surface area contributed by atoms with Crippen molar-refractivity contribution in [3.63, 3.8) is 0 Å². The maximum absolute atomic E-state index is 12.5. The van der Waals surface area contributed by atoms with E-state index < -0.39 is 0 Å². The van der Waals surface area contributed by atoms with Crippen LogP contribution >= 0.6 is 22.6 Å². The molecule has 0 saturated carbocycles. The molecule has 1 aromatic rings. The van der Waals surface area contributed by atoms with E-state index in [1.54, 1.807) is 6.07 Å². The first-order valence-corrected chi connectivity index (χ1v) is 4.10. The van der Waals surface area contributed by atoms with Crippen LogP contribution in [0.1, 0.15) is 5.56 Å². The van der Waals surface area contributed by atoms with Crippen LogP contribution in [0.25, 0.3) is 6.08 Å². The minimum Gasteiger partial charge on any atom is -0.207 e. The molecule has 0 aliphatic carbocycles. The van der Waals surface area contributed by atoms with Crippen LogP contribution in [0, 0.1) is 5.82 Å². The van der Waals surface area contributed by atoms with Gasteiger partial charge in [-0.1, -0.05) is 34.7 Å². The number of hydrogen-bond donors (Lipinski definition) is 0. The van der Waals surface area contributed by atoms with Gasteiger partial charge in [0, 0.05) is 0 Å². The molecule has 2 heteroatoms. The van der Waals surface area contributed by atoms with E-state index in [9.17, 15) is 4.39 Å². The largest absolute Gasteiger partial charge is 0.207 e. The Morgan fingerprint density at radius 2 is 2.20 bits per heavy atom. The minimum absolute atomic E-state index is 0.188. The Bertz CT molecular complexity index is 243. The van der Waals surface area contributed by atoms with Crippen LogP contribution in [0.3, 0.4) is 0 Å². The first-order valence-electron chi connectivity index (χ1n) is 2.85. The molecule has 0 atom stereocenters. The van der Waals surface area contributed by atoms with Crippen LogP contribution in [0.4, 0.5) is 4.39 Å². The van der Waals surface area contributed by atoms with Crippen LogP contribution in [-0.2, 0) is 0 Å². The Hall–Kier alpha value is -0.380. The summed E-state index contributed by atoms with van der Waals surface area (Å²) in [6.07, 6.45) is 1.85. The van der Waals surface area contributed by atoms with E-state index in [-0.39, 0.29) is 5.82 Å². The molecule has 0 saturated heterocycles. The summed E-state index contributed by atoms with van der Waals surface area (Å²) in [6, 6.07) is 6.49. The molecule has 0 nitrogen and oxygen atoms in total. The van der Waals surface area contributed by atoms with Crippen molar-refractivity contribution in [3.05, 3.63) is 39.7 Å². The molecule has 0 N–H and O–H groups in total. The van der Waals surface area contributed by atoms with Gasteiger partial charge in [-0.15, -0.1) is 0 Å². The number of halogens is 2. The van der Waals surface area contributed by atoms with Crippen LogP contribution in [0.5, 0.6) is 0 Å². The molecule has 0 radical (unpaired) electrons. The lowest BCUT2D eigenvalue weighted by atomic mass is 10.2. The maximum Gasteiger partial charge on any atom is 0.123 e. The highest BCUT2D eigenvalue weighted by molar-refractivity contribution is 14.1. The van der Waals surface area contributed by atoms with E-state index in [0.29, 0.717) is 0 Å². The Morgan fingerprint density at radius 3 is 2.80 bits per heavy atom. The highest BCUT2D eigenvalue weighted by atomic mass is 127. The molecule has 0 aliphatic heterocycles. The van der Waals surface area contributed by atoms with E-state index >= 15 is 0 Å². The van der Waals surface area contributed by atoms with Crippen molar-refractivity contribution >= 4 is 28.7 Å². The molecular weight excluding hydrogens is 242 g/mol. The average molecular weight is 248 g/mol. The number of benzene rings is 1. The number of hydrogen-bond acceptors (Lipinski definition) is 0. The summed E-state index contributed by atoms with van der Waals surface area (Å²) < 4.78 is 14.3. The Morgan fingerprint density at radius 1 is 1.40 bits per heavy atom. The zero-order valence-electron chi connectivity index (χ0n) is 5.22. The summed E-state index contributed by atoms with van der Waals surface area (Å²) in [5.41, 5.74) is 0.898. The summed E-state index contributed by atoms with van der Waals surface area (Å²) in [5, 5.41) is 0. The molecule has 0 aliphatic rings. The van der Waals surface area contributed by atoms with E-state index in [2.05, 4.69) is 22.6 Å². The van der Waals surface area contributed by atoms with E-state index in [0.717, 1.165) is 5.56 Å². The van der Waals surface area contributed by atoms with Gasteiger partial charge in [0.15, 0.2) is 0 Å². The monoisotopic (exact) mass is 248 g/mol. The molecule has 0 spiro atoms. The van der Waals surface area contributed by atoms with Crippen molar-refractivity contribution in [2.45, 2.75) is 0 Å². The Kier molecular flexibility index (Phi) is 2.86. The molecule has 1 rings (SSSR count). The highest BCUT2D eigenvalue weighted by Crippen LogP contribution is 2.06. The molecule has 0 aromatic heterocycles. The number of rotatable bonds is 1. The van der Waals surface area contributed by atoms with Gasteiger partial charge in [-0.3, -0.25) is 0 Å². The zero-order chi connectivity index (χ0) is 7.40. The van der Waals surface area contributed by atoms with Crippen molar-refractivity contribution < 1.29 is 4.39 Å². The predicted octanol–water partition coefficient (Wildman–Crippen LogP) is 3.23. The molecule has 0 amide bonds. The van der Waals surface area contributed by atoms with Crippen LogP contribution in [0.15, 0.2) is 28.3 Å². The van der Waals surface area contributed by atoms with Gasteiger partial charge in [-0.05, 0) is 27.9 Å². The Balaban J connectivity index is 2.95. The minimum atomic E-state index is -0.188. The second kappa shape index (κ2) is 3.71. The van der Waals surface area contributed by atoms with Gasteiger partial charge >= 0.3 is 0 Å². The third-order valence-electron chi connectivity index (χ3n) is 1.10. The maximum atomic E-state index is 12.5. The van der Waals surface area contributed by atoms with E-state index in [1.165, 1.54) is 12.1 Å². The smallest absolute Gasteiger partial charge is 0.123 e.